The number of nitrogens with one attached hydrogen (secondary N) is 1. The molecule has 1 aromatic rings. The highest BCUT2D eigenvalue weighted by atomic mass is 35.5. The lowest BCUT2D eigenvalue weighted by Gasteiger charge is -2.23. The number of hydrogen-bond donors (Lipinski definition) is 1. The molecule has 2 rings (SSSR count). The second-order valence-electron chi connectivity index (χ2n) is 5.45. The van der Waals surface area contributed by atoms with Gasteiger partial charge in [-0.3, -0.25) is 0 Å². The Kier molecular flexibility index (Phi) is 6.47. The van der Waals surface area contributed by atoms with Gasteiger partial charge in [0.15, 0.2) is 5.75 Å². The van der Waals surface area contributed by atoms with Crippen LogP contribution in [0.15, 0.2) is 12.1 Å². The quantitative estimate of drug-likeness (QED) is 0.778. The Labute approximate surface area is 131 Å². The van der Waals surface area contributed by atoms with Crippen molar-refractivity contribution in [2.75, 3.05) is 6.61 Å². The molecule has 2 nitrogen and oxygen atoms in total. The Morgan fingerprint density at radius 1 is 1.15 bits per heavy atom. The lowest BCUT2D eigenvalue weighted by molar-refractivity contribution is 0.317. The smallest absolute Gasteiger partial charge is 0.156 e. The van der Waals surface area contributed by atoms with Crippen molar-refractivity contribution in [3.8, 4) is 5.75 Å². The van der Waals surface area contributed by atoms with Crippen LogP contribution in [0, 0.1) is 0 Å². The Balaban J connectivity index is 1.94. The molecule has 0 amide bonds. The number of hydrogen-bond acceptors (Lipinski definition) is 2. The second kappa shape index (κ2) is 8.11. The standard InChI is InChI=1S/C16H23Cl2NO/c1-2-8-20-16-14(17)9-12(10-15(16)18)11-19-13-6-4-3-5-7-13/h9-10,13,19H,2-8,11H2,1H3. The van der Waals surface area contributed by atoms with E-state index in [1.807, 2.05) is 12.1 Å². The molecule has 0 unspecified atom stereocenters. The van der Waals surface area contributed by atoms with E-state index in [1.54, 1.807) is 0 Å². The minimum atomic E-state index is 0.603. The van der Waals surface area contributed by atoms with Crippen LogP contribution < -0.4 is 10.1 Å². The van der Waals surface area contributed by atoms with Crippen LogP contribution in [0.1, 0.15) is 51.0 Å². The first-order chi connectivity index (χ1) is 9.70. The number of benzene rings is 1. The van der Waals surface area contributed by atoms with E-state index in [1.165, 1.54) is 32.1 Å². The van der Waals surface area contributed by atoms with Crippen LogP contribution in [0.25, 0.3) is 0 Å². The van der Waals surface area contributed by atoms with Crippen LogP contribution in [0.5, 0.6) is 5.75 Å². The normalized spacial score (nSPS) is 16.4. The summed E-state index contributed by atoms with van der Waals surface area (Å²) in [7, 11) is 0. The van der Waals surface area contributed by atoms with E-state index in [9.17, 15) is 0 Å². The number of ether oxygens (including phenoxy) is 1. The molecular weight excluding hydrogens is 293 g/mol. The summed E-state index contributed by atoms with van der Waals surface area (Å²) >= 11 is 12.5. The Hall–Kier alpha value is -0.440. The van der Waals surface area contributed by atoms with Crippen molar-refractivity contribution < 1.29 is 4.74 Å². The van der Waals surface area contributed by atoms with Crippen LogP contribution in [0.4, 0.5) is 0 Å². The van der Waals surface area contributed by atoms with Gasteiger partial charge in [-0.15, -0.1) is 0 Å². The molecular formula is C16H23Cl2NO. The molecule has 112 valence electrons. The van der Waals surface area contributed by atoms with Crippen molar-refractivity contribution in [2.45, 2.75) is 58.0 Å². The van der Waals surface area contributed by atoms with E-state index in [0.29, 0.717) is 28.4 Å². The third-order valence-corrected chi connectivity index (χ3v) is 4.27. The van der Waals surface area contributed by atoms with Gasteiger partial charge in [0, 0.05) is 12.6 Å². The van der Waals surface area contributed by atoms with E-state index >= 15 is 0 Å². The summed E-state index contributed by atoms with van der Waals surface area (Å²) in [6, 6.07) is 4.54. The second-order valence-corrected chi connectivity index (χ2v) is 6.27. The average molecular weight is 316 g/mol. The van der Waals surface area contributed by atoms with Gasteiger partial charge in [-0.2, -0.15) is 0 Å². The van der Waals surface area contributed by atoms with Crippen LogP contribution in [-0.2, 0) is 6.54 Å². The molecule has 1 N–H and O–H groups in total. The van der Waals surface area contributed by atoms with Crippen LogP contribution in [-0.4, -0.2) is 12.6 Å². The highest BCUT2D eigenvalue weighted by molar-refractivity contribution is 6.37. The first-order valence-corrected chi connectivity index (χ1v) is 8.30. The molecule has 1 aliphatic rings. The Bertz CT molecular complexity index is 407. The summed E-state index contributed by atoms with van der Waals surface area (Å²) in [6.45, 7) is 3.52. The van der Waals surface area contributed by atoms with Crippen molar-refractivity contribution in [3.05, 3.63) is 27.7 Å². The van der Waals surface area contributed by atoms with Crippen LogP contribution >= 0.6 is 23.2 Å². The monoisotopic (exact) mass is 315 g/mol. The van der Waals surface area contributed by atoms with Gasteiger partial charge in [0.2, 0.25) is 0 Å². The van der Waals surface area contributed by atoms with Gasteiger partial charge >= 0.3 is 0 Å². The third kappa shape index (κ3) is 4.54. The minimum absolute atomic E-state index is 0.603. The summed E-state index contributed by atoms with van der Waals surface area (Å²) in [6.07, 6.45) is 7.54. The molecule has 1 saturated carbocycles. The summed E-state index contributed by atoms with van der Waals surface area (Å²) in [5, 5.41) is 4.80. The number of halogens is 2. The summed E-state index contributed by atoms with van der Waals surface area (Å²) < 4.78 is 5.58. The fraction of sp³-hybridized carbons (Fsp3) is 0.625. The molecule has 0 bridgehead atoms. The summed E-state index contributed by atoms with van der Waals surface area (Å²) in [5.74, 6) is 0.608. The topological polar surface area (TPSA) is 21.3 Å². The van der Waals surface area contributed by atoms with Crippen molar-refractivity contribution in [1.29, 1.82) is 0 Å². The molecule has 1 aliphatic carbocycles. The molecule has 0 spiro atoms. The van der Waals surface area contributed by atoms with E-state index in [4.69, 9.17) is 27.9 Å². The predicted octanol–water partition coefficient (Wildman–Crippen LogP) is 5.20. The molecule has 0 atom stereocenters. The molecule has 0 aliphatic heterocycles. The Morgan fingerprint density at radius 3 is 2.40 bits per heavy atom. The summed E-state index contributed by atoms with van der Waals surface area (Å²) in [4.78, 5) is 0. The zero-order valence-corrected chi connectivity index (χ0v) is 13.6. The fourth-order valence-electron chi connectivity index (χ4n) is 2.63. The van der Waals surface area contributed by atoms with Crippen molar-refractivity contribution in [1.82, 2.24) is 5.32 Å². The minimum Gasteiger partial charge on any atom is -0.490 e. The largest absolute Gasteiger partial charge is 0.490 e. The van der Waals surface area contributed by atoms with Gasteiger partial charge in [-0.05, 0) is 37.0 Å². The zero-order valence-electron chi connectivity index (χ0n) is 12.1. The van der Waals surface area contributed by atoms with E-state index in [-0.39, 0.29) is 0 Å². The lowest BCUT2D eigenvalue weighted by atomic mass is 9.95. The van der Waals surface area contributed by atoms with Gasteiger partial charge in [0.25, 0.3) is 0 Å². The molecule has 20 heavy (non-hydrogen) atoms. The highest BCUT2D eigenvalue weighted by Gasteiger charge is 2.14. The SMILES string of the molecule is CCCOc1c(Cl)cc(CNC2CCCCC2)cc1Cl. The maximum Gasteiger partial charge on any atom is 0.156 e. The van der Waals surface area contributed by atoms with Crippen molar-refractivity contribution >= 4 is 23.2 Å². The average Bonchev–Trinajstić information content (AvgIpc) is 2.45. The van der Waals surface area contributed by atoms with E-state index < -0.39 is 0 Å². The molecule has 0 heterocycles. The fourth-order valence-corrected chi connectivity index (χ4v) is 3.27. The Morgan fingerprint density at radius 2 is 1.80 bits per heavy atom. The van der Waals surface area contributed by atoms with Crippen molar-refractivity contribution in [2.24, 2.45) is 0 Å². The van der Waals surface area contributed by atoms with Crippen molar-refractivity contribution in [3.63, 3.8) is 0 Å². The molecule has 1 fully saturated rings. The first-order valence-electron chi connectivity index (χ1n) is 7.54. The van der Waals surface area contributed by atoms with Gasteiger partial charge in [-0.25, -0.2) is 0 Å². The molecule has 4 heteroatoms. The van der Waals surface area contributed by atoms with Gasteiger partial charge in [0.05, 0.1) is 16.7 Å². The van der Waals surface area contributed by atoms with Crippen LogP contribution in [0.3, 0.4) is 0 Å². The summed E-state index contributed by atoms with van der Waals surface area (Å²) in [5.41, 5.74) is 1.12. The molecule has 0 saturated heterocycles. The third-order valence-electron chi connectivity index (χ3n) is 3.71. The first kappa shape index (κ1) is 15.9. The molecule has 0 aromatic heterocycles. The highest BCUT2D eigenvalue weighted by Crippen LogP contribution is 2.34. The molecule has 0 radical (unpaired) electrons. The number of rotatable bonds is 6. The zero-order chi connectivity index (χ0) is 14.4. The predicted molar refractivity (Wildman–Crippen MR) is 86.0 cm³/mol. The lowest BCUT2D eigenvalue weighted by Crippen LogP contribution is -2.30. The van der Waals surface area contributed by atoms with Gasteiger partial charge < -0.3 is 10.1 Å². The maximum atomic E-state index is 6.25. The van der Waals surface area contributed by atoms with Gasteiger partial charge in [-0.1, -0.05) is 49.4 Å². The van der Waals surface area contributed by atoms with Gasteiger partial charge in [0.1, 0.15) is 0 Å². The molecule has 1 aromatic carbocycles. The van der Waals surface area contributed by atoms with Crippen LogP contribution in [0.2, 0.25) is 10.0 Å². The van der Waals surface area contributed by atoms with E-state index in [0.717, 1.165) is 18.5 Å². The maximum absolute atomic E-state index is 6.25. The van der Waals surface area contributed by atoms with E-state index in [2.05, 4.69) is 12.2 Å².